The van der Waals surface area contributed by atoms with E-state index in [2.05, 4.69) is 4.98 Å². The second-order valence-electron chi connectivity index (χ2n) is 5.50. The number of rotatable bonds is 4. The van der Waals surface area contributed by atoms with Crippen LogP contribution in [0.3, 0.4) is 0 Å². The molecule has 0 N–H and O–H groups in total. The molecule has 7 heteroatoms. The maximum absolute atomic E-state index is 13.7. The summed E-state index contributed by atoms with van der Waals surface area (Å²) in [5, 5.41) is 9.40. The highest BCUT2D eigenvalue weighted by molar-refractivity contribution is 6.02. The number of nitrogens with zero attached hydrogens (tertiary/aromatic N) is 3. The minimum Gasteiger partial charge on any atom is -0.292 e. The van der Waals surface area contributed by atoms with E-state index in [-0.39, 0.29) is 22.4 Å². The van der Waals surface area contributed by atoms with Crippen LogP contribution in [0, 0.1) is 24.1 Å². The summed E-state index contributed by atoms with van der Waals surface area (Å²) in [6.07, 6.45) is 0. The van der Waals surface area contributed by atoms with Crippen molar-refractivity contribution in [2.24, 2.45) is 0 Å². The van der Waals surface area contributed by atoms with Gasteiger partial charge >= 0.3 is 6.55 Å². The highest BCUT2D eigenvalue weighted by atomic mass is 19.3. The van der Waals surface area contributed by atoms with Crippen LogP contribution in [0.15, 0.2) is 42.5 Å². The lowest BCUT2D eigenvalue weighted by Crippen LogP contribution is -2.17. The quantitative estimate of drug-likeness (QED) is 0.661. The number of ketones is 1. The van der Waals surface area contributed by atoms with Crippen LogP contribution < -0.4 is 0 Å². The number of nitriles is 1. The summed E-state index contributed by atoms with van der Waals surface area (Å²) in [5.74, 6) is -3.31. The van der Waals surface area contributed by atoms with Crippen LogP contribution in [0.2, 0.25) is 0 Å². The molecule has 4 nitrogen and oxygen atoms in total. The Labute approximate surface area is 141 Å². The Balaban J connectivity index is 2.14. The van der Waals surface area contributed by atoms with Crippen LogP contribution in [-0.4, -0.2) is 15.3 Å². The first kappa shape index (κ1) is 16.7. The Morgan fingerprint density at radius 1 is 1.24 bits per heavy atom. The van der Waals surface area contributed by atoms with Crippen molar-refractivity contribution in [3.63, 3.8) is 0 Å². The van der Waals surface area contributed by atoms with Gasteiger partial charge in [-0.1, -0.05) is 24.3 Å². The predicted molar refractivity (Wildman–Crippen MR) is 84.8 cm³/mol. The Bertz CT molecular complexity index is 1000. The second kappa shape index (κ2) is 6.40. The number of halogens is 3. The van der Waals surface area contributed by atoms with Crippen molar-refractivity contribution in [1.82, 2.24) is 9.55 Å². The molecule has 0 amide bonds. The molecule has 0 saturated carbocycles. The van der Waals surface area contributed by atoms with Gasteiger partial charge in [-0.25, -0.2) is 9.37 Å². The third-order valence-corrected chi connectivity index (χ3v) is 3.92. The first-order valence-electron chi connectivity index (χ1n) is 7.39. The summed E-state index contributed by atoms with van der Waals surface area (Å²) >= 11 is 0. The molecule has 1 atom stereocenters. The Hall–Kier alpha value is -3.14. The number of hydrogen-bond acceptors (Lipinski definition) is 3. The SMILES string of the molecule is Cc1ccc(C(=O)[C@@H](C#N)c2nc3ccccc3n2C(F)F)cc1F. The molecule has 0 bridgehead atoms. The Morgan fingerprint density at radius 3 is 2.60 bits per heavy atom. The van der Waals surface area contributed by atoms with E-state index in [1.807, 2.05) is 0 Å². The van der Waals surface area contributed by atoms with E-state index in [9.17, 15) is 23.2 Å². The predicted octanol–water partition coefficient (Wildman–Crippen LogP) is 4.37. The molecule has 2 aromatic carbocycles. The molecular weight excluding hydrogens is 331 g/mol. The lowest BCUT2D eigenvalue weighted by Gasteiger charge is -2.12. The van der Waals surface area contributed by atoms with E-state index in [0.717, 1.165) is 6.07 Å². The number of carbonyl (C=O) groups is 1. The highest BCUT2D eigenvalue weighted by Gasteiger charge is 2.30. The maximum Gasteiger partial charge on any atom is 0.320 e. The number of benzene rings is 2. The van der Waals surface area contributed by atoms with Crippen molar-refractivity contribution >= 4 is 16.8 Å². The van der Waals surface area contributed by atoms with Gasteiger partial charge in [0.25, 0.3) is 0 Å². The van der Waals surface area contributed by atoms with Gasteiger partial charge in [-0.05, 0) is 30.7 Å². The van der Waals surface area contributed by atoms with Crippen LogP contribution >= 0.6 is 0 Å². The van der Waals surface area contributed by atoms with E-state index in [1.54, 1.807) is 18.2 Å². The zero-order valence-corrected chi connectivity index (χ0v) is 13.1. The van der Waals surface area contributed by atoms with Gasteiger partial charge in [0.15, 0.2) is 11.7 Å². The molecule has 1 aromatic heterocycles. The van der Waals surface area contributed by atoms with Crippen molar-refractivity contribution in [3.8, 4) is 6.07 Å². The molecule has 0 radical (unpaired) electrons. The smallest absolute Gasteiger partial charge is 0.292 e. The average Bonchev–Trinajstić information content (AvgIpc) is 2.97. The van der Waals surface area contributed by atoms with Gasteiger partial charge in [-0.3, -0.25) is 9.36 Å². The number of fused-ring (bicyclic) bond motifs is 1. The minimum absolute atomic E-state index is 0.0671. The van der Waals surface area contributed by atoms with Gasteiger partial charge < -0.3 is 0 Å². The molecule has 0 aliphatic carbocycles. The number of imidazole rings is 1. The third-order valence-electron chi connectivity index (χ3n) is 3.92. The third kappa shape index (κ3) is 2.87. The van der Waals surface area contributed by atoms with Gasteiger partial charge in [0, 0.05) is 5.56 Å². The largest absolute Gasteiger partial charge is 0.320 e. The van der Waals surface area contributed by atoms with Gasteiger partial charge in [0.2, 0.25) is 0 Å². The van der Waals surface area contributed by atoms with Crippen molar-refractivity contribution in [2.75, 3.05) is 0 Å². The van der Waals surface area contributed by atoms with Crippen molar-refractivity contribution in [1.29, 1.82) is 5.26 Å². The molecule has 0 aliphatic rings. The Morgan fingerprint density at radius 2 is 1.96 bits per heavy atom. The summed E-state index contributed by atoms with van der Waals surface area (Å²) in [6, 6.07) is 11.6. The molecule has 0 aliphatic heterocycles. The van der Waals surface area contributed by atoms with E-state index >= 15 is 0 Å². The average molecular weight is 343 g/mol. The molecule has 0 fully saturated rings. The maximum atomic E-state index is 13.7. The molecule has 25 heavy (non-hydrogen) atoms. The topological polar surface area (TPSA) is 58.7 Å². The minimum atomic E-state index is -2.97. The molecule has 1 heterocycles. The van der Waals surface area contributed by atoms with Crippen molar-refractivity contribution in [3.05, 3.63) is 65.2 Å². The van der Waals surface area contributed by atoms with E-state index in [1.165, 1.54) is 31.2 Å². The van der Waals surface area contributed by atoms with Crippen LogP contribution in [0.4, 0.5) is 13.2 Å². The van der Waals surface area contributed by atoms with E-state index in [4.69, 9.17) is 0 Å². The molecule has 0 spiro atoms. The Kier molecular flexibility index (Phi) is 4.28. The zero-order chi connectivity index (χ0) is 18.1. The number of hydrogen-bond donors (Lipinski definition) is 0. The standard InChI is InChI=1S/C18H12F3N3O/c1-10-6-7-11(8-13(10)19)16(25)12(9-22)17-23-14-4-2-3-5-15(14)24(17)18(20)21/h2-8,12,18H,1H3/t12-/m1/s1. The van der Waals surface area contributed by atoms with Crippen LogP contribution in [0.5, 0.6) is 0 Å². The number of aromatic nitrogens is 2. The second-order valence-corrected chi connectivity index (χ2v) is 5.50. The van der Waals surface area contributed by atoms with Crippen LogP contribution in [-0.2, 0) is 0 Å². The number of alkyl halides is 2. The first-order valence-corrected chi connectivity index (χ1v) is 7.39. The van der Waals surface area contributed by atoms with Crippen LogP contribution in [0.1, 0.15) is 34.2 Å². The number of para-hydroxylation sites is 2. The summed E-state index contributed by atoms with van der Waals surface area (Å²) in [5.41, 5.74) is 0.643. The number of Topliss-reactive ketones (excluding diaryl/α,β-unsaturated/α-hetero) is 1. The molecule has 0 saturated heterocycles. The summed E-state index contributed by atoms with van der Waals surface area (Å²) in [6.45, 7) is -1.44. The molecule has 0 unspecified atom stereocenters. The van der Waals surface area contributed by atoms with E-state index in [0.29, 0.717) is 10.1 Å². The van der Waals surface area contributed by atoms with Crippen molar-refractivity contribution in [2.45, 2.75) is 19.4 Å². The van der Waals surface area contributed by atoms with Gasteiger partial charge in [0.05, 0.1) is 17.1 Å². The fourth-order valence-corrected chi connectivity index (χ4v) is 2.62. The van der Waals surface area contributed by atoms with Gasteiger partial charge in [-0.15, -0.1) is 0 Å². The summed E-state index contributed by atoms with van der Waals surface area (Å²) < 4.78 is 41.3. The normalized spacial score (nSPS) is 12.3. The van der Waals surface area contributed by atoms with Crippen LogP contribution in [0.25, 0.3) is 11.0 Å². The fourth-order valence-electron chi connectivity index (χ4n) is 2.62. The first-order chi connectivity index (χ1) is 11.9. The molecule has 3 rings (SSSR count). The molecule has 3 aromatic rings. The highest BCUT2D eigenvalue weighted by Crippen LogP contribution is 2.29. The zero-order valence-electron chi connectivity index (χ0n) is 13.1. The molecular formula is C18H12F3N3O. The van der Waals surface area contributed by atoms with Gasteiger partial charge in [-0.2, -0.15) is 14.0 Å². The number of aryl methyl sites for hydroxylation is 1. The number of carbonyl (C=O) groups excluding carboxylic acids is 1. The van der Waals surface area contributed by atoms with Gasteiger partial charge in [0.1, 0.15) is 11.6 Å². The monoisotopic (exact) mass is 343 g/mol. The lowest BCUT2D eigenvalue weighted by atomic mass is 9.97. The summed E-state index contributed by atoms with van der Waals surface area (Å²) in [7, 11) is 0. The lowest BCUT2D eigenvalue weighted by molar-refractivity contribution is 0.0701. The van der Waals surface area contributed by atoms with Crippen molar-refractivity contribution < 1.29 is 18.0 Å². The fraction of sp³-hybridized carbons (Fsp3) is 0.167. The molecule has 126 valence electrons. The summed E-state index contributed by atoms with van der Waals surface area (Å²) in [4.78, 5) is 16.6. The van der Waals surface area contributed by atoms with E-state index < -0.39 is 24.1 Å².